The van der Waals surface area contributed by atoms with Crippen molar-refractivity contribution in [3.63, 3.8) is 0 Å². The third-order valence-corrected chi connectivity index (χ3v) is 6.24. The molecule has 1 saturated heterocycles. The Balaban J connectivity index is 1.92. The summed E-state index contributed by atoms with van der Waals surface area (Å²) in [5.41, 5.74) is 1.88. The van der Waals surface area contributed by atoms with Gasteiger partial charge in [-0.2, -0.15) is 0 Å². The highest BCUT2D eigenvalue weighted by molar-refractivity contribution is 6.46. The number of aliphatic hydroxyl groups excluding tert-OH is 1. The molecule has 1 amide bonds. The molecule has 0 radical (unpaired) electrons. The average Bonchev–Trinajstić information content (AvgIpc) is 3.04. The first-order valence-corrected chi connectivity index (χ1v) is 10.7. The Hall–Kier alpha value is -3.28. The Kier molecular flexibility index (Phi) is 5.72. The van der Waals surface area contributed by atoms with Crippen LogP contribution in [-0.4, -0.2) is 40.0 Å². The van der Waals surface area contributed by atoms with E-state index in [-0.39, 0.29) is 23.1 Å². The number of aromatic hydroxyl groups is 1. The summed E-state index contributed by atoms with van der Waals surface area (Å²) in [7, 11) is 1.49. The van der Waals surface area contributed by atoms with E-state index >= 15 is 0 Å². The maximum Gasteiger partial charge on any atom is 0.295 e. The van der Waals surface area contributed by atoms with E-state index in [9.17, 15) is 19.8 Å². The number of aliphatic hydroxyl groups is 1. The van der Waals surface area contributed by atoms with Crippen molar-refractivity contribution in [3.05, 3.63) is 64.7 Å². The highest BCUT2D eigenvalue weighted by atomic mass is 16.5. The van der Waals surface area contributed by atoms with Gasteiger partial charge in [-0.3, -0.25) is 9.59 Å². The summed E-state index contributed by atoms with van der Waals surface area (Å²) >= 11 is 0. The van der Waals surface area contributed by atoms with Crippen LogP contribution >= 0.6 is 0 Å². The SMILES string of the molecule is COc1ccc(C)cc1/C(O)=C1\C(=O)C(=O)N(C2CCCCC2)C1c1cccc(O)c1. The van der Waals surface area contributed by atoms with Crippen LogP contribution in [0.5, 0.6) is 11.5 Å². The lowest BCUT2D eigenvalue weighted by molar-refractivity contribution is -0.141. The van der Waals surface area contributed by atoms with Crippen LogP contribution in [0.15, 0.2) is 48.0 Å². The molecule has 0 spiro atoms. The van der Waals surface area contributed by atoms with E-state index in [0.29, 0.717) is 16.9 Å². The Labute approximate surface area is 181 Å². The van der Waals surface area contributed by atoms with Gasteiger partial charge in [0.05, 0.1) is 24.3 Å². The molecule has 2 aromatic carbocycles. The summed E-state index contributed by atoms with van der Waals surface area (Å²) in [5, 5.41) is 21.4. The van der Waals surface area contributed by atoms with Gasteiger partial charge >= 0.3 is 0 Å². The molecule has 0 bridgehead atoms. The van der Waals surface area contributed by atoms with Crippen LogP contribution < -0.4 is 4.74 Å². The predicted octanol–water partition coefficient (Wildman–Crippen LogP) is 4.46. The minimum Gasteiger partial charge on any atom is -0.508 e. The molecule has 6 nitrogen and oxygen atoms in total. The normalized spacial score (nSPS) is 21.5. The summed E-state index contributed by atoms with van der Waals surface area (Å²) in [4.78, 5) is 28.0. The van der Waals surface area contributed by atoms with Crippen LogP contribution in [0.25, 0.3) is 5.76 Å². The third kappa shape index (κ3) is 3.78. The summed E-state index contributed by atoms with van der Waals surface area (Å²) in [5.74, 6) is -1.11. The maximum absolute atomic E-state index is 13.2. The van der Waals surface area contributed by atoms with Crippen LogP contribution in [0.3, 0.4) is 0 Å². The smallest absolute Gasteiger partial charge is 0.295 e. The van der Waals surface area contributed by atoms with E-state index in [1.54, 1.807) is 41.3 Å². The predicted molar refractivity (Wildman–Crippen MR) is 117 cm³/mol. The van der Waals surface area contributed by atoms with E-state index < -0.39 is 17.7 Å². The van der Waals surface area contributed by atoms with Gasteiger partial charge in [0.1, 0.15) is 17.3 Å². The second kappa shape index (κ2) is 8.46. The number of amides is 1. The number of ether oxygens (including phenoxy) is 1. The van der Waals surface area contributed by atoms with Crippen molar-refractivity contribution in [2.45, 2.75) is 51.1 Å². The number of carbonyl (C=O) groups excluding carboxylic acids is 2. The fourth-order valence-corrected chi connectivity index (χ4v) is 4.76. The number of likely N-dealkylation sites (tertiary alicyclic amines) is 1. The van der Waals surface area contributed by atoms with Crippen molar-refractivity contribution < 1.29 is 24.5 Å². The average molecular weight is 421 g/mol. The van der Waals surface area contributed by atoms with Crippen LogP contribution in [-0.2, 0) is 9.59 Å². The van der Waals surface area contributed by atoms with Gasteiger partial charge in [0, 0.05) is 6.04 Å². The van der Waals surface area contributed by atoms with Crippen LogP contribution in [0.2, 0.25) is 0 Å². The molecule has 162 valence electrons. The quantitative estimate of drug-likeness (QED) is 0.432. The van der Waals surface area contributed by atoms with Gasteiger partial charge in [0.2, 0.25) is 0 Å². The van der Waals surface area contributed by atoms with Gasteiger partial charge in [-0.05, 0) is 49.6 Å². The zero-order valence-corrected chi connectivity index (χ0v) is 17.8. The summed E-state index contributed by atoms with van der Waals surface area (Å²) < 4.78 is 5.40. The monoisotopic (exact) mass is 421 g/mol. The molecule has 2 aromatic rings. The number of carbonyl (C=O) groups is 2. The van der Waals surface area contributed by atoms with Crippen molar-refractivity contribution in [2.24, 2.45) is 0 Å². The van der Waals surface area contributed by atoms with Crippen molar-refractivity contribution in [1.29, 1.82) is 0 Å². The number of phenolic OH excluding ortho intramolecular Hbond substituents is 1. The molecular weight excluding hydrogens is 394 g/mol. The van der Waals surface area contributed by atoms with E-state index in [2.05, 4.69) is 0 Å². The fourth-order valence-electron chi connectivity index (χ4n) is 4.76. The van der Waals surface area contributed by atoms with E-state index in [0.717, 1.165) is 37.7 Å². The number of hydrogen-bond acceptors (Lipinski definition) is 5. The van der Waals surface area contributed by atoms with E-state index in [1.165, 1.54) is 7.11 Å². The number of benzene rings is 2. The van der Waals surface area contributed by atoms with E-state index in [4.69, 9.17) is 4.74 Å². The number of nitrogens with zero attached hydrogens (tertiary/aromatic N) is 1. The molecule has 1 aliphatic carbocycles. The fraction of sp³-hybridized carbons (Fsp3) is 0.360. The largest absolute Gasteiger partial charge is 0.508 e. The zero-order chi connectivity index (χ0) is 22.1. The standard InChI is InChI=1S/C25H27NO5/c1-15-11-12-20(31-2)19(13-15)23(28)21-22(16-7-6-10-18(27)14-16)26(25(30)24(21)29)17-8-4-3-5-9-17/h6-7,10-14,17,22,27-28H,3-5,8-9H2,1-2H3/b23-21+. The number of ketones is 1. The molecule has 1 aliphatic heterocycles. The number of Topliss-reactive ketones (excluding diaryl/α,β-unsaturated/α-hetero) is 1. The first-order valence-electron chi connectivity index (χ1n) is 10.7. The first-order chi connectivity index (χ1) is 14.9. The number of methoxy groups -OCH3 is 1. The van der Waals surface area contributed by atoms with Gasteiger partial charge in [0.25, 0.3) is 11.7 Å². The Morgan fingerprint density at radius 1 is 1.06 bits per heavy atom. The van der Waals surface area contributed by atoms with Gasteiger partial charge in [0.15, 0.2) is 0 Å². The van der Waals surface area contributed by atoms with Crippen LogP contribution in [0.4, 0.5) is 0 Å². The summed E-state index contributed by atoms with van der Waals surface area (Å²) in [6.07, 6.45) is 4.72. The molecule has 0 aromatic heterocycles. The van der Waals surface area contributed by atoms with Gasteiger partial charge in [-0.15, -0.1) is 0 Å². The minimum atomic E-state index is -0.764. The molecule has 1 unspecified atom stereocenters. The first kappa shape index (κ1) is 21.0. The Bertz CT molecular complexity index is 1050. The Morgan fingerprint density at radius 3 is 2.48 bits per heavy atom. The molecule has 1 heterocycles. The lowest BCUT2D eigenvalue weighted by atomic mass is 9.90. The maximum atomic E-state index is 13.2. The minimum absolute atomic E-state index is 0.0325. The van der Waals surface area contributed by atoms with Gasteiger partial charge in [-0.25, -0.2) is 0 Å². The third-order valence-electron chi connectivity index (χ3n) is 6.24. The van der Waals surface area contributed by atoms with E-state index in [1.807, 2.05) is 13.0 Å². The van der Waals surface area contributed by atoms with Crippen molar-refractivity contribution in [1.82, 2.24) is 4.90 Å². The van der Waals surface area contributed by atoms with Crippen molar-refractivity contribution >= 4 is 17.4 Å². The second-order valence-electron chi connectivity index (χ2n) is 8.30. The van der Waals surface area contributed by atoms with Gasteiger partial charge in [-0.1, -0.05) is 43.0 Å². The van der Waals surface area contributed by atoms with Crippen molar-refractivity contribution in [2.75, 3.05) is 7.11 Å². The highest BCUT2D eigenvalue weighted by Gasteiger charge is 2.49. The molecule has 2 aliphatic rings. The molecule has 2 fully saturated rings. The van der Waals surface area contributed by atoms with Crippen molar-refractivity contribution in [3.8, 4) is 11.5 Å². The molecule has 1 saturated carbocycles. The summed E-state index contributed by atoms with van der Waals surface area (Å²) in [6, 6.07) is 11.0. The summed E-state index contributed by atoms with van der Waals surface area (Å²) in [6.45, 7) is 1.88. The topological polar surface area (TPSA) is 87.1 Å². The highest BCUT2D eigenvalue weighted by Crippen LogP contribution is 2.44. The Morgan fingerprint density at radius 2 is 1.81 bits per heavy atom. The molecule has 31 heavy (non-hydrogen) atoms. The van der Waals surface area contributed by atoms with Crippen LogP contribution in [0, 0.1) is 6.92 Å². The second-order valence-corrected chi connectivity index (χ2v) is 8.30. The van der Waals surface area contributed by atoms with Crippen LogP contribution in [0.1, 0.15) is 54.8 Å². The van der Waals surface area contributed by atoms with Gasteiger partial charge < -0.3 is 19.8 Å². The lowest BCUT2D eigenvalue weighted by Crippen LogP contribution is -2.40. The molecule has 4 rings (SSSR count). The zero-order valence-electron chi connectivity index (χ0n) is 17.8. The number of phenols is 1. The number of aryl methyl sites for hydroxylation is 1. The number of hydrogen-bond donors (Lipinski definition) is 2. The molecule has 2 N–H and O–H groups in total. The molecule has 6 heteroatoms. The molecular formula is C25H27NO5. The number of rotatable bonds is 4. The molecule has 1 atom stereocenters. The lowest BCUT2D eigenvalue weighted by Gasteiger charge is -2.35.